The highest BCUT2D eigenvalue weighted by Crippen LogP contribution is 2.34. The van der Waals surface area contributed by atoms with E-state index in [4.69, 9.17) is 10.1 Å². The number of likely N-dealkylation sites (tertiary alicyclic amines) is 1. The van der Waals surface area contributed by atoms with Crippen LogP contribution in [0.3, 0.4) is 0 Å². The maximum absolute atomic E-state index is 12.1. The van der Waals surface area contributed by atoms with Crippen LogP contribution in [0.15, 0.2) is 17.5 Å². The number of aromatic nitrogens is 3. The fourth-order valence-corrected chi connectivity index (χ4v) is 5.49. The minimum absolute atomic E-state index is 0.104. The van der Waals surface area contributed by atoms with Crippen molar-refractivity contribution in [3.8, 4) is 0 Å². The maximum Gasteiger partial charge on any atom is 0.220 e. The summed E-state index contributed by atoms with van der Waals surface area (Å²) in [4.78, 5) is 20.9. The van der Waals surface area contributed by atoms with Gasteiger partial charge in [-0.1, -0.05) is 6.92 Å². The number of amides is 1. The number of carbonyl (C=O) groups excluding carboxylic acids is 1. The average Bonchev–Trinajstić information content (AvgIpc) is 3.47. The lowest BCUT2D eigenvalue weighted by molar-refractivity contribution is -0.121. The summed E-state index contributed by atoms with van der Waals surface area (Å²) in [5.74, 6) is 0.104. The second-order valence-corrected chi connectivity index (χ2v) is 9.61. The van der Waals surface area contributed by atoms with Gasteiger partial charge in [-0.3, -0.25) is 9.69 Å². The molecule has 166 valence electrons. The normalized spacial score (nSPS) is 17.0. The van der Waals surface area contributed by atoms with Crippen molar-refractivity contribution in [2.24, 2.45) is 0 Å². The predicted octanol–water partition coefficient (Wildman–Crippen LogP) is 4.51. The van der Waals surface area contributed by atoms with Crippen LogP contribution in [-0.2, 0) is 17.8 Å². The standard InChI is InChI=1S/C24H33N5OS/c1-5-11-25-24(30)9-8-19-17(3)26-23-14-20(27-29(23)18(19)4)21-7-6-12-28(21)15-22-16(2)10-13-31-22/h10,13-14,21H,5-9,11-12,15H2,1-4H3,(H,25,30). The number of rotatable bonds is 8. The second kappa shape index (κ2) is 9.49. The Morgan fingerprint density at radius 2 is 2.16 bits per heavy atom. The molecule has 1 fully saturated rings. The zero-order valence-corrected chi connectivity index (χ0v) is 19.9. The molecule has 0 bridgehead atoms. The number of nitrogens with zero attached hydrogens (tertiary/aromatic N) is 4. The Balaban J connectivity index is 1.55. The minimum atomic E-state index is 0.104. The van der Waals surface area contributed by atoms with Crippen molar-refractivity contribution in [2.75, 3.05) is 13.1 Å². The van der Waals surface area contributed by atoms with Gasteiger partial charge in [0.1, 0.15) is 0 Å². The van der Waals surface area contributed by atoms with Crippen LogP contribution in [-0.4, -0.2) is 38.5 Å². The van der Waals surface area contributed by atoms with Crippen molar-refractivity contribution in [1.82, 2.24) is 24.8 Å². The highest BCUT2D eigenvalue weighted by Gasteiger charge is 2.29. The summed E-state index contributed by atoms with van der Waals surface area (Å²) in [7, 11) is 0. The Morgan fingerprint density at radius 1 is 1.32 bits per heavy atom. The molecule has 0 aromatic carbocycles. The van der Waals surface area contributed by atoms with Gasteiger partial charge in [-0.15, -0.1) is 11.3 Å². The van der Waals surface area contributed by atoms with E-state index in [1.807, 2.05) is 22.8 Å². The highest BCUT2D eigenvalue weighted by atomic mass is 32.1. The third kappa shape index (κ3) is 4.67. The van der Waals surface area contributed by atoms with Gasteiger partial charge in [-0.2, -0.15) is 5.10 Å². The van der Waals surface area contributed by atoms with Crippen LogP contribution in [0.1, 0.15) is 71.7 Å². The maximum atomic E-state index is 12.1. The average molecular weight is 440 g/mol. The Bertz CT molecular complexity index is 1070. The zero-order chi connectivity index (χ0) is 22.0. The van der Waals surface area contributed by atoms with Gasteiger partial charge >= 0.3 is 0 Å². The first kappa shape index (κ1) is 22.0. The second-order valence-electron chi connectivity index (χ2n) is 8.61. The van der Waals surface area contributed by atoms with Crippen molar-refractivity contribution < 1.29 is 4.79 Å². The van der Waals surface area contributed by atoms with Crippen molar-refractivity contribution in [3.63, 3.8) is 0 Å². The monoisotopic (exact) mass is 439 g/mol. The van der Waals surface area contributed by atoms with Crippen LogP contribution in [0.25, 0.3) is 5.65 Å². The van der Waals surface area contributed by atoms with Crippen molar-refractivity contribution in [3.05, 3.63) is 50.6 Å². The molecule has 1 aliphatic rings. The zero-order valence-electron chi connectivity index (χ0n) is 19.1. The molecule has 3 aromatic rings. The summed E-state index contributed by atoms with van der Waals surface area (Å²) in [6.07, 6.45) is 4.47. The number of fused-ring (bicyclic) bond motifs is 1. The molecule has 31 heavy (non-hydrogen) atoms. The molecule has 1 unspecified atom stereocenters. The minimum Gasteiger partial charge on any atom is -0.356 e. The van der Waals surface area contributed by atoms with E-state index in [0.29, 0.717) is 18.9 Å². The number of carbonyl (C=O) groups is 1. The van der Waals surface area contributed by atoms with E-state index in [0.717, 1.165) is 60.8 Å². The van der Waals surface area contributed by atoms with Gasteiger partial charge in [-0.05, 0) is 75.6 Å². The van der Waals surface area contributed by atoms with Crippen LogP contribution in [0.2, 0.25) is 0 Å². The molecule has 4 rings (SSSR count). The van der Waals surface area contributed by atoms with Gasteiger partial charge in [0.25, 0.3) is 0 Å². The van der Waals surface area contributed by atoms with Gasteiger partial charge in [0, 0.05) is 41.8 Å². The highest BCUT2D eigenvalue weighted by molar-refractivity contribution is 7.10. The Hall–Kier alpha value is -2.25. The van der Waals surface area contributed by atoms with Crippen LogP contribution in [0, 0.1) is 20.8 Å². The lowest BCUT2D eigenvalue weighted by Gasteiger charge is -2.22. The van der Waals surface area contributed by atoms with Crippen molar-refractivity contribution in [2.45, 2.75) is 72.4 Å². The molecule has 4 heterocycles. The van der Waals surface area contributed by atoms with E-state index in [1.165, 1.54) is 16.9 Å². The largest absolute Gasteiger partial charge is 0.356 e. The summed E-state index contributed by atoms with van der Waals surface area (Å²) in [6.45, 7) is 11.2. The van der Waals surface area contributed by atoms with E-state index in [9.17, 15) is 4.79 Å². The topological polar surface area (TPSA) is 62.5 Å². The molecule has 7 heteroatoms. The first-order valence-corrected chi connectivity index (χ1v) is 12.2. The first-order chi connectivity index (χ1) is 15.0. The van der Waals surface area contributed by atoms with E-state index >= 15 is 0 Å². The summed E-state index contributed by atoms with van der Waals surface area (Å²) in [6, 6.07) is 4.70. The molecular formula is C24H33N5OS. The molecule has 1 atom stereocenters. The molecule has 6 nitrogen and oxygen atoms in total. The molecular weight excluding hydrogens is 406 g/mol. The van der Waals surface area contributed by atoms with Gasteiger partial charge in [0.05, 0.1) is 11.7 Å². The summed E-state index contributed by atoms with van der Waals surface area (Å²) in [5.41, 5.74) is 6.62. The molecule has 1 amide bonds. The Labute approximate surface area is 188 Å². The number of nitrogens with one attached hydrogen (secondary N) is 1. The van der Waals surface area contributed by atoms with Crippen LogP contribution in [0.5, 0.6) is 0 Å². The molecule has 1 saturated heterocycles. The predicted molar refractivity (Wildman–Crippen MR) is 126 cm³/mol. The number of thiophene rings is 1. The first-order valence-electron chi connectivity index (χ1n) is 11.4. The Kier molecular flexibility index (Phi) is 6.72. The van der Waals surface area contributed by atoms with Crippen LogP contribution in [0.4, 0.5) is 0 Å². The fraction of sp³-hybridized carbons (Fsp3) is 0.542. The third-order valence-corrected chi connectivity index (χ3v) is 7.38. The van der Waals surface area contributed by atoms with E-state index in [2.05, 4.69) is 48.5 Å². The molecule has 0 aliphatic carbocycles. The van der Waals surface area contributed by atoms with E-state index in [1.54, 1.807) is 0 Å². The molecule has 3 aromatic heterocycles. The number of hydrogen-bond donors (Lipinski definition) is 1. The quantitative estimate of drug-likeness (QED) is 0.561. The number of aryl methyl sites for hydroxylation is 3. The summed E-state index contributed by atoms with van der Waals surface area (Å²) >= 11 is 1.85. The van der Waals surface area contributed by atoms with Gasteiger partial charge in [0.2, 0.25) is 5.91 Å². The molecule has 0 saturated carbocycles. The summed E-state index contributed by atoms with van der Waals surface area (Å²) in [5, 5.41) is 10.1. The van der Waals surface area contributed by atoms with E-state index < -0.39 is 0 Å². The summed E-state index contributed by atoms with van der Waals surface area (Å²) < 4.78 is 1.98. The Morgan fingerprint density at radius 3 is 2.90 bits per heavy atom. The van der Waals surface area contributed by atoms with E-state index in [-0.39, 0.29) is 5.91 Å². The molecule has 0 radical (unpaired) electrons. The molecule has 1 N–H and O–H groups in total. The van der Waals surface area contributed by atoms with Crippen LogP contribution < -0.4 is 5.32 Å². The van der Waals surface area contributed by atoms with Crippen LogP contribution >= 0.6 is 11.3 Å². The number of hydrogen-bond acceptors (Lipinski definition) is 5. The van der Waals surface area contributed by atoms with Crippen molar-refractivity contribution in [1.29, 1.82) is 0 Å². The van der Waals surface area contributed by atoms with Gasteiger partial charge in [-0.25, -0.2) is 9.50 Å². The van der Waals surface area contributed by atoms with Gasteiger partial charge in [0.15, 0.2) is 5.65 Å². The lowest BCUT2D eigenvalue weighted by atomic mass is 10.1. The van der Waals surface area contributed by atoms with Crippen molar-refractivity contribution >= 4 is 22.9 Å². The molecule has 0 spiro atoms. The fourth-order valence-electron chi connectivity index (χ4n) is 4.56. The SMILES string of the molecule is CCCNC(=O)CCc1c(C)nc2cc(C3CCCN3Cc3sccc3C)nn2c1C. The third-order valence-electron chi connectivity index (χ3n) is 6.38. The smallest absolute Gasteiger partial charge is 0.220 e. The molecule has 1 aliphatic heterocycles. The van der Waals surface area contributed by atoms with Gasteiger partial charge < -0.3 is 5.32 Å². The lowest BCUT2D eigenvalue weighted by Crippen LogP contribution is -2.24.